The Morgan fingerprint density at radius 3 is 2.93 bits per heavy atom. The van der Waals surface area contributed by atoms with Crippen molar-refractivity contribution in [1.29, 1.82) is 0 Å². The molecular weight excluding hydrogens is 174 g/mol. The zero-order valence-electron chi connectivity index (χ0n) is 9.05. The Balaban J connectivity index is 2.49. The molecule has 0 fully saturated rings. The molecule has 1 heterocycles. The monoisotopic (exact) mass is 191 g/mol. The SMILES string of the molecule is COc1ccc(C)c2c1N[C@@H](C)CC2. The topological polar surface area (TPSA) is 21.3 Å². The number of benzene rings is 1. The van der Waals surface area contributed by atoms with Gasteiger partial charge in [0, 0.05) is 6.04 Å². The Kier molecular flexibility index (Phi) is 2.36. The number of aryl methyl sites for hydroxylation is 1. The highest BCUT2D eigenvalue weighted by molar-refractivity contribution is 5.66. The summed E-state index contributed by atoms with van der Waals surface area (Å²) in [6.07, 6.45) is 2.37. The molecule has 0 radical (unpaired) electrons. The van der Waals surface area contributed by atoms with Crippen molar-refractivity contribution in [3.05, 3.63) is 23.3 Å². The van der Waals surface area contributed by atoms with Crippen LogP contribution < -0.4 is 10.1 Å². The number of fused-ring (bicyclic) bond motifs is 1. The number of methoxy groups -OCH3 is 1. The van der Waals surface area contributed by atoms with E-state index in [1.165, 1.54) is 23.2 Å². The van der Waals surface area contributed by atoms with E-state index in [9.17, 15) is 0 Å². The Morgan fingerprint density at radius 2 is 2.21 bits per heavy atom. The number of rotatable bonds is 1. The molecule has 0 saturated carbocycles. The first-order valence-corrected chi connectivity index (χ1v) is 5.15. The van der Waals surface area contributed by atoms with E-state index in [-0.39, 0.29) is 0 Å². The molecule has 1 aliphatic heterocycles. The van der Waals surface area contributed by atoms with Crippen LogP contribution >= 0.6 is 0 Å². The fourth-order valence-electron chi connectivity index (χ4n) is 2.06. The Hall–Kier alpha value is -1.18. The molecule has 1 aromatic rings. The lowest BCUT2D eigenvalue weighted by Gasteiger charge is -2.27. The number of anilines is 1. The Labute approximate surface area is 85.3 Å². The molecule has 0 saturated heterocycles. The number of hydrogen-bond acceptors (Lipinski definition) is 2. The lowest BCUT2D eigenvalue weighted by molar-refractivity contribution is 0.414. The van der Waals surface area contributed by atoms with Crippen molar-refractivity contribution in [3.8, 4) is 5.75 Å². The third kappa shape index (κ3) is 1.45. The van der Waals surface area contributed by atoms with Gasteiger partial charge in [0.15, 0.2) is 0 Å². The summed E-state index contributed by atoms with van der Waals surface area (Å²) in [6.45, 7) is 4.38. The predicted octanol–water partition coefficient (Wildman–Crippen LogP) is 2.75. The van der Waals surface area contributed by atoms with Gasteiger partial charge in [-0.1, -0.05) is 6.07 Å². The largest absolute Gasteiger partial charge is 0.495 e. The maximum atomic E-state index is 5.35. The average Bonchev–Trinajstić information content (AvgIpc) is 2.18. The van der Waals surface area contributed by atoms with Gasteiger partial charge in [-0.2, -0.15) is 0 Å². The van der Waals surface area contributed by atoms with Crippen LogP contribution in [0.15, 0.2) is 12.1 Å². The summed E-state index contributed by atoms with van der Waals surface area (Å²) in [6, 6.07) is 4.73. The van der Waals surface area contributed by atoms with Gasteiger partial charge in [-0.3, -0.25) is 0 Å². The van der Waals surface area contributed by atoms with Gasteiger partial charge in [0.2, 0.25) is 0 Å². The summed E-state index contributed by atoms with van der Waals surface area (Å²) in [5.74, 6) is 0.970. The van der Waals surface area contributed by atoms with Gasteiger partial charge in [-0.15, -0.1) is 0 Å². The Bertz CT molecular complexity index is 346. The first-order valence-electron chi connectivity index (χ1n) is 5.15. The van der Waals surface area contributed by atoms with Crippen LogP contribution in [-0.4, -0.2) is 13.2 Å². The summed E-state index contributed by atoms with van der Waals surface area (Å²) in [5, 5.41) is 3.50. The molecule has 0 aliphatic carbocycles. The number of hydrogen-bond donors (Lipinski definition) is 1. The third-order valence-corrected chi connectivity index (χ3v) is 2.95. The normalized spacial score (nSPS) is 19.8. The van der Waals surface area contributed by atoms with E-state index in [2.05, 4.69) is 25.2 Å². The number of nitrogens with one attached hydrogen (secondary N) is 1. The van der Waals surface area contributed by atoms with Crippen molar-refractivity contribution >= 4 is 5.69 Å². The molecule has 2 rings (SSSR count). The van der Waals surface area contributed by atoms with Crippen LogP contribution in [0.4, 0.5) is 5.69 Å². The van der Waals surface area contributed by atoms with Crippen molar-refractivity contribution in [3.63, 3.8) is 0 Å². The van der Waals surface area contributed by atoms with Crippen LogP contribution in [-0.2, 0) is 6.42 Å². The van der Waals surface area contributed by atoms with Crippen molar-refractivity contribution in [2.75, 3.05) is 12.4 Å². The van der Waals surface area contributed by atoms with E-state index < -0.39 is 0 Å². The Morgan fingerprint density at radius 1 is 1.43 bits per heavy atom. The average molecular weight is 191 g/mol. The van der Waals surface area contributed by atoms with Gasteiger partial charge >= 0.3 is 0 Å². The van der Waals surface area contributed by atoms with Crippen LogP contribution in [0.5, 0.6) is 5.75 Å². The van der Waals surface area contributed by atoms with Gasteiger partial charge in [0.1, 0.15) is 5.75 Å². The fourth-order valence-corrected chi connectivity index (χ4v) is 2.06. The number of ether oxygens (including phenoxy) is 1. The van der Waals surface area contributed by atoms with Gasteiger partial charge in [0.05, 0.1) is 12.8 Å². The summed E-state index contributed by atoms with van der Waals surface area (Å²) in [4.78, 5) is 0. The lowest BCUT2D eigenvalue weighted by atomic mass is 9.94. The first kappa shape index (κ1) is 9.38. The molecule has 0 aromatic heterocycles. The molecule has 14 heavy (non-hydrogen) atoms. The van der Waals surface area contributed by atoms with Crippen molar-refractivity contribution in [2.24, 2.45) is 0 Å². The van der Waals surface area contributed by atoms with Crippen LogP contribution in [0.3, 0.4) is 0 Å². The van der Waals surface area contributed by atoms with E-state index in [1.54, 1.807) is 7.11 Å². The standard InChI is InChI=1S/C12H17NO/c1-8-4-7-11(14-3)12-10(8)6-5-9(2)13-12/h4,7,9,13H,5-6H2,1-3H3/t9-/m0/s1. The van der Waals surface area contributed by atoms with Gasteiger partial charge in [-0.05, 0) is 43.9 Å². The van der Waals surface area contributed by atoms with Crippen molar-refractivity contribution in [2.45, 2.75) is 32.7 Å². The highest BCUT2D eigenvalue weighted by Gasteiger charge is 2.19. The van der Waals surface area contributed by atoms with E-state index in [4.69, 9.17) is 4.74 Å². The second-order valence-corrected chi connectivity index (χ2v) is 4.02. The predicted molar refractivity (Wildman–Crippen MR) is 59.1 cm³/mol. The van der Waals surface area contributed by atoms with E-state index in [0.29, 0.717) is 6.04 Å². The lowest BCUT2D eigenvalue weighted by Crippen LogP contribution is -2.23. The highest BCUT2D eigenvalue weighted by Crippen LogP contribution is 2.35. The molecule has 76 valence electrons. The first-order chi connectivity index (χ1) is 6.72. The fraction of sp³-hybridized carbons (Fsp3) is 0.500. The minimum Gasteiger partial charge on any atom is -0.495 e. The van der Waals surface area contributed by atoms with Gasteiger partial charge in [0.25, 0.3) is 0 Å². The molecule has 0 amide bonds. The van der Waals surface area contributed by atoms with Crippen LogP contribution in [0.25, 0.3) is 0 Å². The maximum Gasteiger partial charge on any atom is 0.142 e. The smallest absolute Gasteiger partial charge is 0.142 e. The van der Waals surface area contributed by atoms with E-state index in [1.807, 2.05) is 6.07 Å². The minimum absolute atomic E-state index is 0.554. The highest BCUT2D eigenvalue weighted by atomic mass is 16.5. The van der Waals surface area contributed by atoms with E-state index >= 15 is 0 Å². The maximum absolute atomic E-state index is 5.35. The zero-order valence-corrected chi connectivity index (χ0v) is 9.05. The van der Waals surface area contributed by atoms with Crippen molar-refractivity contribution in [1.82, 2.24) is 0 Å². The van der Waals surface area contributed by atoms with E-state index in [0.717, 1.165) is 12.2 Å². The summed E-state index contributed by atoms with van der Waals surface area (Å²) < 4.78 is 5.35. The molecule has 1 atom stereocenters. The van der Waals surface area contributed by atoms with Crippen LogP contribution in [0.2, 0.25) is 0 Å². The molecule has 1 N–H and O–H groups in total. The summed E-state index contributed by atoms with van der Waals surface area (Å²) >= 11 is 0. The second-order valence-electron chi connectivity index (χ2n) is 4.02. The summed E-state index contributed by atoms with van der Waals surface area (Å²) in [5.41, 5.74) is 3.98. The molecule has 0 bridgehead atoms. The van der Waals surface area contributed by atoms with Crippen LogP contribution in [0, 0.1) is 6.92 Å². The van der Waals surface area contributed by atoms with Gasteiger partial charge in [-0.25, -0.2) is 0 Å². The molecule has 1 aromatic carbocycles. The molecule has 1 aliphatic rings. The molecular formula is C12H17NO. The van der Waals surface area contributed by atoms with Gasteiger partial charge < -0.3 is 10.1 Å². The third-order valence-electron chi connectivity index (χ3n) is 2.95. The molecule has 2 heteroatoms. The molecule has 0 unspecified atom stereocenters. The summed E-state index contributed by atoms with van der Waals surface area (Å²) in [7, 11) is 1.73. The van der Waals surface area contributed by atoms with Crippen LogP contribution in [0.1, 0.15) is 24.5 Å². The van der Waals surface area contributed by atoms with Crippen molar-refractivity contribution < 1.29 is 4.74 Å². The molecule has 2 nitrogen and oxygen atoms in total. The molecule has 0 spiro atoms. The second kappa shape index (κ2) is 3.52. The zero-order chi connectivity index (χ0) is 10.1. The quantitative estimate of drug-likeness (QED) is 0.737. The minimum atomic E-state index is 0.554.